The standard InChI is InChI=1S/C12H22N2O2/c1-6-12(7-2,8-13)10(15)14-11(3,4)9-16-5/h6-7,9H2,1-5H3,(H,14,15). The fraction of sp³-hybridized carbons (Fsp3) is 0.833. The molecule has 0 saturated carbocycles. The Kier molecular flexibility index (Phi) is 5.46. The number of hydrogen-bond donors (Lipinski definition) is 1. The summed E-state index contributed by atoms with van der Waals surface area (Å²) in [6.45, 7) is 7.89. The van der Waals surface area contributed by atoms with Crippen LogP contribution in [0.4, 0.5) is 0 Å². The van der Waals surface area contributed by atoms with Gasteiger partial charge in [0.2, 0.25) is 5.91 Å². The number of carbonyl (C=O) groups is 1. The fourth-order valence-corrected chi connectivity index (χ4v) is 1.60. The Bertz CT molecular complexity index is 275. The van der Waals surface area contributed by atoms with Crippen molar-refractivity contribution in [2.45, 2.75) is 46.1 Å². The third-order valence-electron chi connectivity index (χ3n) is 2.81. The van der Waals surface area contributed by atoms with E-state index in [1.54, 1.807) is 7.11 Å². The maximum absolute atomic E-state index is 12.1. The smallest absolute Gasteiger partial charge is 0.240 e. The molecule has 0 radical (unpaired) electrons. The van der Waals surface area contributed by atoms with Gasteiger partial charge >= 0.3 is 0 Å². The zero-order valence-electron chi connectivity index (χ0n) is 10.9. The Morgan fingerprint density at radius 1 is 1.38 bits per heavy atom. The molecule has 0 atom stereocenters. The first kappa shape index (κ1) is 14.9. The first-order valence-electron chi connectivity index (χ1n) is 5.60. The summed E-state index contributed by atoms with van der Waals surface area (Å²) < 4.78 is 5.02. The average Bonchev–Trinajstić information content (AvgIpc) is 2.20. The second-order valence-electron chi connectivity index (χ2n) is 4.67. The molecular weight excluding hydrogens is 204 g/mol. The summed E-state index contributed by atoms with van der Waals surface area (Å²) in [5.41, 5.74) is -1.36. The number of nitriles is 1. The predicted octanol–water partition coefficient (Wildman–Crippen LogP) is 1.86. The van der Waals surface area contributed by atoms with Gasteiger partial charge in [-0.15, -0.1) is 0 Å². The Morgan fingerprint density at radius 3 is 2.19 bits per heavy atom. The van der Waals surface area contributed by atoms with Gasteiger partial charge in [0.25, 0.3) is 0 Å². The molecule has 0 saturated heterocycles. The number of amides is 1. The minimum absolute atomic E-state index is 0.206. The zero-order valence-corrected chi connectivity index (χ0v) is 10.9. The van der Waals surface area contributed by atoms with Crippen molar-refractivity contribution in [3.63, 3.8) is 0 Å². The first-order chi connectivity index (χ1) is 7.37. The van der Waals surface area contributed by atoms with E-state index in [0.717, 1.165) is 0 Å². The van der Waals surface area contributed by atoms with E-state index < -0.39 is 11.0 Å². The Labute approximate surface area is 98.0 Å². The summed E-state index contributed by atoms with van der Waals surface area (Å²) >= 11 is 0. The third kappa shape index (κ3) is 3.49. The maximum atomic E-state index is 12.1. The highest BCUT2D eigenvalue weighted by Crippen LogP contribution is 2.26. The van der Waals surface area contributed by atoms with Crippen molar-refractivity contribution in [3.8, 4) is 6.07 Å². The second kappa shape index (κ2) is 5.86. The Balaban J connectivity index is 4.74. The molecule has 1 amide bonds. The van der Waals surface area contributed by atoms with Crippen LogP contribution in [0.3, 0.4) is 0 Å². The number of methoxy groups -OCH3 is 1. The topological polar surface area (TPSA) is 62.1 Å². The zero-order chi connectivity index (χ0) is 12.8. The molecule has 0 aliphatic heterocycles. The highest BCUT2D eigenvalue weighted by molar-refractivity contribution is 5.85. The van der Waals surface area contributed by atoms with Crippen molar-refractivity contribution in [1.82, 2.24) is 5.32 Å². The lowest BCUT2D eigenvalue weighted by Crippen LogP contribution is -2.52. The normalized spacial score (nSPS) is 12.0. The van der Waals surface area contributed by atoms with Gasteiger partial charge < -0.3 is 10.1 Å². The number of nitrogens with zero attached hydrogens (tertiary/aromatic N) is 1. The number of ether oxygens (including phenoxy) is 1. The van der Waals surface area contributed by atoms with Crippen LogP contribution in [-0.4, -0.2) is 25.2 Å². The van der Waals surface area contributed by atoms with Crippen LogP contribution in [0.2, 0.25) is 0 Å². The van der Waals surface area contributed by atoms with Crippen LogP contribution in [-0.2, 0) is 9.53 Å². The molecule has 0 aromatic carbocycles. The molecule has 0 aromatic rings. The molecule has 0 rings (SSSR count). The maximum Gasteiger partial charge on any atom is 0.240 e. The van der Waals surface area contributed by atoms with E-state index in [1.165, 1.54) is 0 Å². The number of rotatable bonds is 6. The molecule has 0 fully saturated rings. The molecule has 92 valence electrons. The van der Waals surface area contributed by atoms with Crippen LogP contribution >= 0.6 is 0 Å². The van der Waals surface area contributed by atoms with Crippen molar-refractivity contribution < 1.29 is 9.53 Å². The van der Waals surface area contributed by atoms with Gasteiger partial charge in [-0.1, -0.05) is 13.8 Å². The van der Waals surface area contributed by atoms with Gasteiger partial charge in [0.15, 0.2) is 0 Å². The van der Waals surface area contributed by atoms with Crippen LogP contribution in [0, 0.1) is 16.7 Å². The Morgan fingerprint density at radius 2 is 1.88 bits per heavy atom. The van der Waals surface area contributed by atoms with Gasteiger partial charge in [-0.3, -0.25) is 4.79 Å². The van der Waals surface area contributed by atoms with Gasteiger partial charge in [0.1, 0.15) is 5.41 Å². The predicted molar refractivity (Wildman–Crippen MR) is 62.7 cm³/mol. The van der Waals surface area contributed by atoms with E-state index in [4.69, 9.17) is 10.00 Å². The van der Waals surface area contributed by atoms with E-state index in [0.29, 0.717) is 19.4 Å². The summed E-state index contributed by atoms with van der Waals surface area (Å²) in [4.78, 5) is 12.1. The van der Waals surface area contributed by atoms with Crippen LogP contribution in [0.25, 0.3) is 0 Å². The molecule has 4 heteroatoms. The quantitative estimate of drug-likeness (QED) is 0.752. The molecule has 0 aromatic heterocycles. The van der Waals surface area contributed by atoms with E-state index in [-0.39, 0.29) is 5.91 Å². The second-order valence-corrected chi connectivity index (χ2v) is 4.67. The SMILES string of the molecule is CCC(C#N)(CC)C(=O)NC(C)(C)COC. The molecule has 0 spiro atoms. The van der Waals surface area contributed by atoms with Crippen LogP contribution in [0.5, 0.6) is 0 Å². The minimum atomic E-state index is -0.912. The lowest BCUT2D eigenvalue weighted by Gasteiger charge is -2.30. The highest BCUT2D eigenvalue weighted by atomic mass is 16.5. The summed E-state index contributed by atoms with van der Waals surface area (Å²) in [6, 6.07) is 2.13. The molecule has 16 heavy (non-hydrogen) atoms. The molecule has 0 unspecified atom stereocenters. The summed E-state index contributed by atoms with van der Waals surface area (Å²) in [7, 11) is 1.59. The van der Waals surface area contributed by atoms with Gasteiger partial charge in [-0.25, -0.2) is 0 Å². The molecule has 1 N–H and O–H groups in total. The molecule has 0 heterocycles. The summed E-state index contributed by atoms with van der Waals surface area (Å²) in [5.74, 6) is -0.206. The number of nitrogens with one attached hydrogen (secondary N) is 1. The first-order valence-corrected chi connectivity index (χ1v) is 5.60. The largest absolute Gasteiger partial charge is 0.382 e. The fourth-order valence-electron chi connectivity index (χ4n) is 1.60. The monoisotopic (exact) mass is 226 g/mol. The van der Waals surface area contributed by atoms with E-state index in [9.17, 15) is 4.79 Å². The summed E-state index contributed by atoms with van der Waals surface area (Å²) in [6.07, 6.45) is 1.05. The van der Waals surface area contributed by atoms with Crippen molar-refractivity contribution in [3.05, 3.63) is 0 Å². The minimum Gasteiger partial charge on any atom is -0.382 e. The lowest BCUT2D eigenvalue weighted by atomic mass is 9.82. The highest BCUT2D eigenvalue weighted by Gasteiger charge is 2.37. The van der Waals surface area contributed by atoms with Crippen molar-refractivity contribution in [2.24, 2.45) is 5.41 Å². The number of carbonyl (C=O) groups excluding carboxylic acids is 1. The van der Waals surface area contributed by atoms with Crippen LogP contribution in [0.1, 0.15) is 40.5 Å². The number of hydrogen-bond acceptors (Lipinski definition) is 3. The van der Waals surface area contributed by atoms with Crippen molar-refractivity contribution >= 4 is 5.91 Å². The van der Waals surface area contributed by atoms with E-state index in [2.05, 4.69) is 11.4 Å². The average molecular weight is 226 g/mol. The summed E-state index contributed by atoms with van der Waals surface area (Å²) in [5, 5.41) is 12.0. The van der Waals surface area contributed by atoms with Gasteiger partial charge in [0, 0.05) is 7.11 Å². The van der Waals surface area contributed by atoms with Crippen LogP contribution < -0.4 is 5.32 Å². The van der Waals surface area contributed by atoms with E-state index in [1.807, 2.05) is 27.7 Å². The van der Waals surface area contributed by atoms with Gasteiger partial charge in [-0.05, 0) is 26.7 Å². The van der Waals surface area contributed by atoms with Gasteiger partial charge in [-0.2, -0.15) is 5.26 Å². The molecular formula is C12H22N2O2. The van der Waals surface area contributed by atoms with Crippen molar-refractivity contribution in [2.75, 3.05) is 13.7 Å². The van der Waals surface area contributed by atoms with Gasteiger partial charge in [0.05, 0.1) is 18.2 Å². The third-order valence-corrected chi connectivity index (χ3v) is 2.81. The molecule has 0 aliphatic rings. The molecule has 0 bridgehead atoms. The molecule has 0 aliphatic carbocycles. The Hall–Kier alpha value is -1.08. The van der Waals surface area contributed by atoms with Crippen molar-refractivity contribution in [1.29, 1.82) is 5.26 Å². The van der Waals surface area contributed by atoms with Crippen LogP contribution in [0.15, 0.2) is 0 Å². The van der Waals surface area contributed by atoms with E-state index >= 15 is 0 Å². The lowest BCUT2D eigenvalue weighted by molar-refractivity contribution is -0.130. The molecule has 4 nitrogen and oxygen atoms in total.